The van der Waals surface area contributed by atoms with Crippen LogP contribution in [-0.2, 0) is 13.1 Å². The first-order valence-electron chi connectivity index (χ1n) is 6.32. The Bertz CT molecular complexity index is 607. The summed E-state index contributed by atoms with van der Waals surface area (Å²) >= 11 is 0. The maximum absolute atomic E-state index is 11.7. The first-order chi connectivity index (χ1) is 9.26. The third-order valence-corrected chi connectivity index (χ3v) is 3.18. The van der Waals surface area contributed by atoms with E-state index in [1.165, 1.54) is 0 Å². The molecule has 3 heterocycles. The number of aromatic nitrogens is 3. The van der Waals surface area contributed by atoms with E-state index in [9.17, 15) is 4.79 Å². The number of urea groups is 1. The fourth-order valence-corrected chi connectivity index (χ4v) is 2.20. The molecule has 2 amide bonds. The average molecular weight is 260 g/mol. The zero-order valence-electron chi connectivity index (χ0n) is 10.5. The zero-order valence-corrected chi connectivity index (χ0v) is 10.5. The highest BCUT2D eigenvalue weighted by atomic mass is 16.2. The lowest BCUT2D eigenvalue weighted by Gasteiger charge is -2.27. The number of imidazole rings is 1. The average Bonchev–Trinajstić information content (AvgIpc) is 2.83. The van der Waals surface area contributed by atoms with Crippen LogP contribution in [0.25, 0.3) is 5.65 Å². The van der Waals surface area contributed by atoms with Crippen LogP contribution in [-0.4, -0.2) is 38.6 Å². The minimum absolute atomic E-state index is 0.0166. The number of fused-ring (bicyclic) bond motifs is 1. The highest BCUT2D eigenvalue weighted by Gasteiger charge is 2.17. The van der Waals surface area contributed by atoms with Gasteiger partial charge in [-0.3, -0.25) is 0 Å². The Labute approximate surface area is 110 Å². The maximum Gasteiger partial charge on any atom is 0.317 e. The molecule has 1 saturated heterocycles. The van der Waals surface area contributed by atoms with Crippen LogP contribution in [0.15, 0.2) is 18.5 Å². The lowest BCUT2D eigenvalue weighted by atomic mass is 10.2. The molecular weight excluding hydrogens is 244 g/mol. The van der Waals surface area contributed by atoms with Crippen molar-refractivity contribution in [1.82, 2.24) is 24.8 Å². The highest BCUT2D eigenvalue weighted by Crippen LogP contribution is 2.10. The van der Waals surface area contributed by atoms with Crippen LogP contribution in [0.4, 0.5) is 4.79 Å². The van der Waals surface area contributed by atoms with Crippen LogP contribution in [0.1, 0.15) is 17.7 Å². The predicted octanol–water partition coefficient (Wildman–Crippen LogP) is 0.103. The summed E-state index contributed by atoms with van der Waals surface area (Å²) in [7, 11) is 0. The maximum atomic E-state index is 11.7. The molecule has 3 rings (SSSR count). The molecule has 7 nitrogen and oxygen atoms in total. The van der Waals surface area contributed by atoms with Gasteiger partial charge in [0.15, 0.2) is 5.65 Å². The number of nitrogens with two attached hydrogens (primary N) is 1. The van der Waals surface area contributed by atoms with Gasteiger partial charge < -0.3 is 16.0 Å². The molecule has 0 spiro atoms. The fraction of sp³-hybridized carbons (Fsp3) is 0.417. The van der Waals surface area contributed by atoms with Gasteiger partial charge in [0.25, 0.3) is 0 Å². The SMILES string of the molecule is NCc1cn2ncc(CN3CCCNC3=O)cc2n1. The molecule has 0 saturated carbocycles. The molecule has 2 aromatic rings. The van der Waals surface area contributed by atoms with Gasteiger partial charge in [0, 0.05) is 26.2 Å². The Kier molecular flexibility index (Phi) is 3.04. The van der Waals surface area contributed by atoms with E-state index in [4.69, 9.17) is 5.73 Å². The molecule has 2 aromatic heterocycles. The summed E-state index contributed by atoms with van der Waals surface area (Å²) < 4.78 is 1.70. The van der Waals surface area contributed by atoms with Crippen molar-refractivity contribution >= 4 is 11.7 Å². The predicted molar refractivity (Wildman–Crippen MR) is 69.3 cm³/mol. The summed E-state index contributed by atoms with van der Waals surface area (Å²) in [5.74, 6) is 0. The van der Waals surface area contributed by atoms with Crippen molar-refractivity contribution in [1.29, 1.82) is 0 Å². The van der Waals surface area contributed by atoms with Gasteiger partial charge in [0.2, 0.25) is 0 Å². The zero-order chi connectivity index (χ0) is 13.2. The third kappa shape index (κ3) is 2.37. The van der Waals surface area contributed by atoms with Crippen LogP contribution in [0.5, 0.6) is 0 Å². The third-order valence-electron chi connectivity index (χ3n) is 3.18. The standard InChI is InChI=1S/C12H16N6O/c13-5-10-8-18-11(16-10)4-9(6-15-18)7-17-3-1-2-14-12(17)19/h4,6,8H,1-3,5,7,13H2,(H,14,19). The van der Waals surface area contributed by atoms with E-state index in [-0.39, 0.29) is 6.03 Å². The van der Waals surface area contributed by atoms with Crippen LogP contribution in [0.3, 0.4) is 0 Å². The second kappa shape index (κ2) is 4.85. The molecule has 1 aliphatic rings. The van der Waals surface area contributed by atoms with Crippen molar-refractivity contribution in [2.24, 2.45) is 5.73 Å². The van der Waals surface area contributed by atoms with Gasteiger partial charge in [0.1, 0.15) is 0 Å². The van der Waals surface area contributed by atoms with E-state index in [0.29, 0.717) is 13.1 Å². The molecule has 0 aromatic carbocycles. The molecule has 0 bridgehead atoms. The molecule has 0 atom stereocenters. The molecule has 1 fully saturated rings. The minimum atomic E-state index is -0.0166. The molecule has 0 radical (unpaired) electrons. The van der Waals surface area contributed by atoms with Gasteiger partial charge >= 0.3 is 6.03 Å². The van der Waals surface area contributed by atoms with Gasteiger partial charge in [-0.15, -0.1) is 0 Å². The van der Waals surface area contributed by atoms with E-state index in [2.05, 4.69) is 15.4 Å². The van der Waals surface area contributed by atoms with Gasteiger partial charge in [-0.2, -0.15) is 5.10 Å². The van der Waals surface area contributed by atoms with Gasteiger partial charge in [0.05, 0.1) is 18.1 Å². The number of carbonyl (C=O) groups excluding carboxylic acids is 1. The first-order valence-corrected chi connectivity index (χ1v) is 6.32. The van der Waals surface area contributed by atoms with E-state index in [1.807, 2.05) is 12.3 Å². The fourth-order valence-electron chi connectivity index (χ4n) is 2.20. The van der Waals surface area contributed by atoms with Crippen molar-refractivity contribution in [2.45, 2.75) is 19.5 Å². The van der Waals surface area contributed by atoms with Gasteiger partial charge in [-0.05, 0) is 18.1 Å². The van der Waals surface area contributed by atoms with Crippen LogP contribution in [0.2, 0.25) is 0 Å². The number of amides is 2. The molecule has 1 aliphatic heterocycles. The lowest BCUT2D eigenvalue weighted by molar-refractivity contribution is 0.183. The first kappa shape index (κ1) is 11.9. The number of carbonyl (C=O) groups is 1. The molecular formula is C12H16N6O. The molecule has 0 unspecified atom stereocenters. The number of hydrogen-bond acceptors (Lipinski definition) is 4. The Balaban J connectivity index is 1.82. The summed E-state index contributed by atoms with van der Waals surface area (Å²) in [6.07, 6.45) is 4.55. The van der Waals surface area contributed by atoms with Crippen LogP contribution < -0.4 is 11.1 Å². The monoisotopic (exact) mass is 260 g/mol. The number of hydrogen-bond donors (Lipinski definition) is 2. The summed E-state index contributed by atoms with van der Waals surface area (Å²) in [4.78, 5) is 17.8. The van der Waals surface area contributed by atoms with Crippen LogP contribution >= 0.6 is 0 Å². The number of nitrogens with zero attached hydrogens (tertiary/aromatic N) is 4. The van der Waals surface area contributed by atoms with Crippen molar-refractivity contribution in [3.05, 3.63) is 29.7 Å². The van der Waals surface area contributed by atoms with E-state index in [0.717, 1.165) is 36.4 Å². The normalized spacial score (nSPS) is 15.8. The quantitative estimate of drug-likeness (QED) is 0.819. The Morgan fingerprint density at radius 3 is 3.16 bits per heavy atom. The van der Waals surface area contributed by atoms with Crippen molar-refractivity contribution < 1.29 is 4.79 Å². The lowest BCUT2D eigenvalue weighted by Crippen LogP contribution is -2.45. The number of rotatable bonds is 3. The second-order valence-electron chi connectivity index (χ2n) is 4.61. The largest absolute Gasteiger partial charge is 0.338 e. The Morgan fingerprint density at radius 1 is 1.47 bits per heavy atom. The summed E-state index contributed by atoms with van der Waals surface area (Å²) in [5.41, 5.74) is 8.09. The van der Waals surface area contributed by atoms with Crippen molar-refractivity contribution in [2.75, 3.05) is 13.1 Å². The van der Waals surface area contributed by atoms with E-state index < -0.39 is 0 Å². The smallest absolute Gasteiger partial charge is 0.317 e. The summed E-state index contributed by atoms with van der Waals surface area (Å²) in [5, 5.41) is 7.11. The molecule has 19 heavy (non-hydrogen) atoms. The second-order valence-corrected chi connectivity index (χ2v) is 4.61. The van der Waals surface area contributed by atoms with Gasteiger partial charge in [-0.1, -0.05) is 0 Å². The highest BCUT2D eigenvalue weighted by molar-refractivity contribution is 5.74. The van der Waals surface area contributed by atoms with Crippen molar-refractivity contribution in [3.8, 4) is 0 Å². The van der Waals surface area contributed by atoms with Gasteiger partial charge in [-0.25, -0.2) is 14.3 Å². The minimum Gasteiger partial charge on any atom is -0.338 e. The molecule has 0 aliphatic carbocycles. The topological polar surface area (TPSA) is 88.5 Å². The Hall–Kier alpha value is -2.15. The summed E-state index contributed by atoms with van der Waals surface area (Å²) in [6.45, 7) is 2.49. The van der Waals surface area contributed by atoms with Crippen LogP contribution in [0, 0.1) is 0 Å². The molecule has 3 N–H and O–H groups in total. The van der Waals surface area contributed by atoms with E-state index >= 15 is 0 Å². The molecule has 100 valence electrons. The van der Waals surface area contributed by atoms with E-state index in [1.54, 1.807) is 15.6 Å². The van der Waals surface area contributed by atoms with Crippen molar-refractivity contribution in [3.63, 3.8) is 0 Å². The Morgan fingerprint density at radius 2 is 2.37 bits per heavy atom. The summed E-state index contributed by atoms with van der Waals surface area (Å²) in [6, 6.07) is 1.92. The number of nitrogens with one attached hydrogen (secondary N) is 1. The molecule has 7 heteroatoms.